The van der Waals surface area contributed by atoms with Crippen LogP contribution in [-0.2, 0) is 4.74 Å². The van der Waals surface area contributed by atoms with Crippen LogP contribution < -0.4 is 5.73 Å². The van der Waals surface area contributed by atoms with Crippen LogP contribution >= 0.6 is 0 Å². The topological polar surface area (TPSA) is 91.2 Å². The van der Waals surface area contributed by atoms with E-state index in [4.69, 9.17) is 10.3 Å². The molecule has 0 aliphatic heterocycles. The van der Waals surface area contributed by atoms with Crippen molar-refractivity contribution in [2.24, 2.45) is 0 Å². The number of hydrogen-bond acceptors (Lipinski definition) is 6. The van der Waals surface area contributed by atoms with E-state index in [2.05, 4.69) is 14.9 Å². The number of ether oxygens (including phenoxy) is 1. The van der Waals surface area contributed by atoms with Gasteiger partial charge in [0.15, 0.2) is 0 Å². The summed E-state index contributed by atoms with van der Waals surface area (Å²) in [6.07, 6.45) is 0. The van der Waals surface area contributed by atoms with Crippen molar-refractivity contribution in [3.8, 4) is 11.5 Å². The first-order valence-corrected chi connectivity index (χ1v) is 5.18. The van der Waals surface area contributed by atoms with Crippen molar-refractivity contribution in [2.75, 3.05) is 12.3 Å². The molecule has 6 nitrogen and oxygen atoms in total. The van der Waals surface area contributed by atoms with Gasteiger partial charge in [-0.2, -0.15) is 4.98 Å². The minimum Gasteiger partial charge on any atom is -0.460 e. The van der Waals surface area contributed by atoms with Crippen LogP contribution in [0.2, 0.25) is 0 Å². The smallest absolute Gasteiger partial charge is 0.379 e. The molecule has 0 saturated heterocycles. The van der Waals surface area contributed by atoms with E-state index in [0.717, 1.165) is 0 Å². The molecule has 0 saturated carbocycles. The Morgan fingerprint density at radius 1 is 1.56 bits per heavy atom. The maximum absolute atomic E-state index is 13.6. The molecule has 7 heteroatoms. The van der Waals surface area contributed by atoms with E-state index in [9.17, 15) is 9.18 Å². The second-order valence-corrected chi connectivity index (χ2v) is 3.35. The zero-order chi connectivity index (χ0) is 13.1. The molecule has 0 spiro atoms. The summed E-state index contributed by atoms with van der Waals surface area (Å²) >= 11 is 0. The molecular weight excluding hydrogens is 241 g/mol. The van der Waals surface area contributed by atoms with Crippen molar-refractivity contribution in [1.82, 2.24) is 10.1 Å². The van der Waals surface area contributed by atoms with Crippen LogP contribution in [0.15, 0.2) is 22.7 Å². The second-order valence-electron chi connectivity index (χ2n) is 3.35. The number of rotatable bonds is 3. The predicted octanol–water partition coefficient (Wildman–Crippen LogP) is 1.63. The van der Waals surface area contributed by atoms with Crippen molar-refractivity contribution < 1.29 is 18.4 Å². The molecule has 0 atom stereocenters. The van der Waals surface area contributed by atoms with Crippen LogP contribution in [-0.4, -0.2) is 22.7 Å². The molecule has 1 aromatic carbocycles. The summed E-state index contributed by atoms with van der Waals surface area (Å²) < 4.78 is 23.1. The van der Waals surface area contributed by atoms with Gasteiger partial charge in [0.2, 0.25) is 0 Å². The molecule has 2 aromatic rings. The number of nitrogens with two attached hydrogens (primary N) is 1. The molecule has 1 heterocycles. The standard InChI is InChI=1S/C11H10FN3O3/c1-2-17-11(16)9-14-10(18-15-9)8-6(12)4-3-5-7(8)13/h3-5H,2,13H2,1H3. The van der Waals surface area contributed by atoms with Gasteiger partial charge >= 0.3 is 5.97 Å². The minimum absolute atomic E-state index is 0.0273. The van der Waals surface area contributed by atoms with E-state index in [0.29, 0.717) is 0 Å². The molecular formula is C11H10FN3O3. The first kappa shape index (κ1) is 12.0. The largest absolute Gasteiger partial charge is 0.460 e. The third kappa shape index (κ3) is 2.15. The maximum atomic E-state index is 13.6. The van der Waals surface area contributed by atoms with E-state index in [1.54, 1.807) is 6.92 Å². The van der Waals surface area contributed by atoms with Gasteiger partial charge in [0.05, 0.1) is 12.2 Å². The number of nitrogens with zero attached hydrogens (tertiary/aromatic N) is 2. The lowest BCUT2D eigenvalue weighted by Gasteiger charge is -2.00. The fraction of sp³-hybridized carbons (Fsp3) is 0.182. The highest BCUT2D eigenvalue weighted by Crippen LogP contribution is 2.27. The highest BCUT2D eigenvalue weighted by atomic mass is 19.1. The number of halogens is 1. The third-order valence-electron chi connectivity index (χ3n) is 2.14. The Labute approximate surface area is 102 Å². The molecule has 2 rings (SSSR count). The number of esters is 1. The van der Waals surface area contributed by atoms with Gasteiger partial charge in [-0.05, 0) is 24.2 Å². The van der Waals surface area contributed by atoms with Crippen LogP contribution in [0.5, 0.6) is 0 Å². The molecule has 0 bridgehead atoms. The second kappa shape index (κ2) is 4.82. The summed E-state index contributed by atoms with van der Waals surface area (Å²) in [7, 11) is 0. The number of anilines is 1. The molecule has 0 amide bonds. The zero-order valence-corrected chi connectivity index (χ0v) is 9.51. The molecule has 0 radical (unpaired) electrons. The highest BCUT2D eigenvalue weighted by molar-refractivity contribution is 5.85. The van der Waals surface area contributed by atoms with E-state index in [1.807, 2.05) is 0 Å². The van der Waals surface area contributed by atoms with Crippen molar-refractivity contribution in [2.45, 2.75) is 6.92 Å². The third-order valence-corrected chi connectivity index (χ3v) is 2.14. The molecule has 94 valence electrons. The fourth-order valence-corrected chi connectivity index (χ4v) is 1.37. The number of carbonyl (C=O) groups is 1. The Kier molecular flexibility index (Phi) is 3.22. The van der Waals surface area contributed by atoms with Crippen molar-refractivity contribution in [3.05, 3.63) is 29.8 Å². The van der Waals surface area contributed by atoms with Crippen LogP contribution in [0.3, 0.4) is 0 Å². The fourth-order valence-electron chi connectivity index (χ4n) is 1.37. The lowest BCUT2D eigenvalue weighted by atomic mass is 10.1. The number of hydrogen-bond donors (Lipinski definition) is 1. The summed E-state index contributed by atoms with van der Waals surface area (Å²) in [5.41, 5.74) is 5.73. The summed E-state index contributed by atoms with van der Waals surface area (Å²) in [6.45, 7) is 1.83. The van der Waals surface area contributed by atoms with E-state index < -0.39 is 11.8 Å². The SMILES string of the molecule is CCOC(=O)c1noc(-c2c(N)cccc2F)n1. The Morgan fingerprint density at radius 3 is 3.00 bits per heavy atom. The molecule has 2 N–H and O–H groups in total. The van der Waals surface area contributed by atoms with Crippen molar-refractivity contribution in [3.63, 3.8) is 0 Å². The average molecular weight is 251 g/mol. The van der Waals surface area contributed by atoms with E-state index in [-0.39, 0.29) is 29.6 Å². The summed E-state index contributed by atoms with van der Waals surface area (Å²) in [5.74, 6) is -1.76. The molecule has 0 unspecified atom stereocenters. The maximum Gasteiger partial charge on any atom is 0.379 e. The zero-order valence-electron chi connectivity index (χ0n) is 9.51. The van der Waals surface area contributed by atoms with Gasteiger partial charge < -0.3 is 15.0 Å². The van der Waals surface area contributed by atoms with Crippen molar-refractivity contribution >= 4 is 11.7 Å². The number of aromatic nitrogens is 2. The van der Waals surface area contributed by atoms with Gasteiger partial charge in [0.1, 0.15) is 5.82 Å². The first-order valence-electron chi connectivity index (χ1n) is 5.18. The minimum atomic E-state index is -0.734. The van der Waals surface area contributed by atoms with Crippen LogP contribution in [0.4, 0.5) is 10.1 Å². The molecule has 1 aromatic heterocycles. The predicted molar refractivity (Wildman–Crippen MR) is 60.1 cm³/mol. The monoisotopic (exact) mass is 251 g/mol. The van der Waals surface area contributed by atoms with Gasteiger partial charge in [0, 0.05) is 5.69 Å². The summed E-state index contributed by atoms with van der Waals surface area (Å²) in [6, 6.07) is 4.16. The average Bonchev–Trinajstić information content (AvgIpc) is 2.78. The molecule has 0 fully saturated rings. The van der Waals surface area contributed by atoms with Crippen LogP contribution in [0, 0.1) is 5.82 Å². The van der Waals surface area contributed by atoms with Crippen LogP contribution in [0.25, 0.3) is 11.5 Å². The van der Waals surface area contributed by atoms with Gasteiger partial charge in [-0.25, -0.2) is 9.18 Å². The molecule has 0 aliphatic rings. The summed E-state index contributed by atoms with van der Waals surface area (Å²) in [5, 5.41) is 3.41. The number of benzene rings is 1. The number of nitrogen functional groups attached to an aromatic ring is 1. The van der Waals surface area contributed by atoms with Gasteiger partial charge in [-0.1, -0.05) is 6.07 Å². The summed E-state index contributed by atoms with van der Waals surface area (Å²) in [4.78, 5) is 15.1. The van der Waals surface area contributed by atoms with Crippen LogP contribution in [0.1, 0.15) is 17.5 Å². The van der Waals surface area contributed by atoms with E-state index >= 15 is 0 Å². The van der Waals surface area contributed by atoms with Gasteiger partial charge in [-0.15, -0.1) is 0 Å². The van der Waals surface area contributed by atoms with E-state index in [1.165, 1.54) is 18.2 Å². The quantitative estimate of drug-likeness (QED) is 0.658. The highest BCUT2D eigenvalue weighted by Gasteiger charge is 2.20. The van der Waals surface area contributed by atoms with Gasteiger partial charge in [-0.3, -0.25) is 0 Å². The Morgan fingerprint density at radius 2 is 2.33 bits per heavy atom. The normalized spacial score (nSPS) is 10.3. The lowest BCUT2D eigenvalue weighted by Crippen LogP contribution is -2.06. The molecule has 0 aliphatic carbocycles. The Balaban J connectivity index is 2.38. The molecule has 18 heavy (non-hydrogen) atoms. The Bertz CT molecular complexity index is 562. The van der Waals surface area contributed by atoms with Gasteiger partial charge in [0.25, 0.3) is 11.7 Å². The first-order chi connectivity index (χ1) is 8.63. The Hall–Kier alpha value is -2.44. The number of carbonyl (C=O) groups excluding carboxylic acids is 1. The van der Waals surface area contributed by atoms with Crippen molar-refractivity contribution in [1.29, 1.82) is 0 Å². The lowest BCUT2D eigenvalue weighted by molar-refractivity contribution is 0.0508.